The first-order valence-corrected chi connectivity index (χ1v) is 9.13. The molecule has 1 amide bonds. The van der Waals surface area contributed by atoms with Gasteiger partial charge in [-0.15, -0.1) is 12.4 Å². The van der Waals surface area contributed by atoms with Crippen molar-refractivity contribution >= 4 is 30.1 Å². The highest BCUT2D eigenvalue weighted by Gasteiger charge is 2.24. The lowest BCUT2D eigenvalue weighted by Gasteiger charge is -2.25. The Balaban J connectivity index is 0.00000192. The Morgan fingerprint density at radius 1 is 1.35 bits per heavy atom. The lowest BCUT2D eigenvalue weighted by Crippen LogP contribution is -2.41. The molecule has 5 nitrogen and oxygen atoms in total. The van der Waals surface area contributed by atoms with Crippen LogP contribution in [0, 0.1) is 6.92 Å². The Morgan fingerprint density at radius 2 is 2.09 bits per heavy atom. The molecule has 0 bridgehead atoms. The van der Waals surface area contributed by atoms with Crippen molar-refractivity contribution in [1.29, 1.82) is 0 Å². The van der Waals surface area contributed by atoms with Crippen molar-refractivity contribution in [3.8, 4) is 0 Å². The number of carbonyl (C=O) groups is 1. The molecule has 0 aromatic carbocycles. The molecular weight excluding hydrogens is 334 g/mol. The molecule has 0 spiro atoms. The lowest BCUT2D eigenvalue weighted by atomic mass is 10.0. The number of amides is 1. The average molecular weight is 358 g/mol. The van der Waals surface area contributed by atoms with Crippen molar-refractivity contribution in [2.45, 2.75) is 38.3 Å². The van der Waals surface area contributed by atoms with Gasteiger partial charge in [0.05, 0.1) is 0 Å². The Morgan fingerprint density at radius 3 is 2.74 bits per heavy atom. The maximum atomic E-state index is 12.8. The Labute approximate surface area is 147 Å². The van der Waals surface area contributed by atoms with E-state index in [1.807, 2.05) is 30.9 Å². The highest BCUT2D eigenvalue weighted by Crippen LogP contribution is 2.19. The van der Waals surface area contributed by atoms with E-state index in [0.717, 1.165) is 49.4 Å². The van der Waals surface area contributed by atoms with E-state index in [0.29, 0.717) is 5.56 Å². The van der Waals surface area contributed by atoms with Gasteiger partial charge in [-0.3, -0.25) is 9.59 Å². The van der Waals surface area contributed by atoms with Gasteiger partial charge in [0.25, 0.3) is 11.5 Å². The summed E-state index contributed by atoms with van der Waals surface area (Å²) in [5.41, 5.74) is 0.936. The fraction of sp³-hybridized carbons (Fsp3) is 0.625. The summed E-state index contributed by atoms with van der Waals surface area (Å²) in [6.07, 6.45) is 4.70. The number of hydrogen-bond donors (Lipinski definition) is 2. The minimum atomic E-state index is -0.210. The van der Waals surface area contributed by atoms with Gasteiger partial charge < -0.3 is 15.2 Å². The first-order valence-electron chi connectivity index (χ1n) is 7.98. The summed E-state index contributed by atoms with van der Waals surface area (Å²) < 4.78 is 1.76. The molecule has 128 valence electrons. The van der Waals surface area contributed by atoms with Crippen LogP contribution in [-0.2, 0) is 0 Å². The van der Waals surface area contributed by atoms with E-state index in [9.17, 15) is 9.59 Å². The quantitative estimate of drug-likeness (QED) is 0.865. The van der Waals surface area contributed by atoms with Gasteiger partial charge in [-0.25, -0.2) is 0 Å². The van der Waals surface area contributed by atoms with Crippen LogP contribution in [0.3, 0.4) is 0 Å². The number of aryl methyl sites for hydroxylation is 1. The van der Waals surface area contributed by atoms with Crippen LogP contribution < -0.4 is 16.2 Å². The molecule has 1 unspecified atom stereocenters. The maximum Gasteiger partial charge on any atom is 0.263 e. The summed E-state index contributed by atoms with van der Waals surface area (Å²) in [5.74, 6) is 1.82. The maximum absolute atomic E-state index is 12.8. The van der Waals surface area contributed by atoms with Crippen LogP contribution in [0.1, 0.15) is 41.2 Å². The second-order valence-electron chi connectivity index (χ2n) is 6.10. The van der Waals surface area contributed by atoms with Crippen molar-refractivity contribution in [2.24, 2.45) is 0 Å². The number of nitrogens with zero attached hydrogens (tertiary/aromatic N) is 1. The van der Waals surface area contributed by atoms with Gasteiger partial charge in [-0.05, 0) is 56.7 Å². The molecule has 0 radical (unpaired) electrons. The number of thioether (sulfide) groups is 1. The van der Waals surface area contributed by atoms with E-state index in [2.05, 4.69) is 10.6 Å². The number of halogens is 1. The van der Waals surface area contributed by atoms with Gasteiger partial charge in [0.2, 0.25) is 0 Å². The molecule has 23 heavy (non-hydrogen) atoms. The van der Waals surface area contributed by atoms with Crippen molar-refractivity contribution in [2.75, 3.05) is 24.6 Å². The highest BCUT2D eigenvalue weighted by molar-refractivity contribution is 7.99. The number of carbonyl (C=O) groups excluding carboxylic acids is 1. The van der Waals surface area contributed by atoms with Crippen molar-refractivity contribution < 1.29 is 4.79 Å². The van der Waals surface area contributed by atoms with Crippen LogP contribution in [0.4, 0.5) is 0 Å². The molecule has 2 aliphatic rings. The summed E-state index contributed by atoms with van der Waals surface area (Å²) >= 11 is 1.85. The van der Waals surface area contributed by atoms with Gasteiger partial charge >= 0.3 is 0 Å². The van der Waals surface area contributed by atoms with E-state index in [1.54, 1.807) is 4.57 Å². The minimum absolute atomic E-state index is 0. The summed E-state index contributed by atoms with van der Waals surface area (Å²) in [4.78, 5) is 25.3. The first kappa shape index (κ1) is 18.4. The predicted molar refractivity (Wildman–Crippen MR) is 97.0 cm³/mol. The smallest absolute Gasteiger partial charge is 0.263 e. The van der Waals surface area contributed by atoms with E-state index in [4.69, 9.17) is 0 Å². The van der Waals surface area contributed by atoms with E-state index in [-0.39, 0.29) is 36.0 Å². The Hall–Kier alpha value is -0.980. The SMILES string of the molecule is Cc1ccn(C2CCNCC2)c(=O)c1C(=O)NC1CCSC1.Cl. The van der Waals surface area contributed by atoms with E-state index in [1.165, 1.54) is 0 Å². The number of pyridine rings is 1. The van der Waals surface area contributed by atoms with Crippen LogP contribution in [0.2, 0.25) is 0 Å². The zero-order valence-corrected chi connectivity index (χ0v) is 15.0. The van der Waals surface area contributed by atoms with Crippen LogP contribution in [0.25, 0.3) is 0 Å². The first-order chi connectivity index (χ1) is 10.7. The minimum Gasteiger partial charge on any atom is -0.348 e. The monoisotopic (exact) mass is 357 g/mol. The summed E-state index contributed by atoms with van der Waals surface area (Å²) in [6.45, 7) is 3.68. The normalized spacial score (nSPS) is 21.7. The Bertz CT molecular complexity index is 608. The summed E-state index contributed by atoms with van der Waals surface area (Å²) in [7, 11) is 0. The van der Waals surface area contributed by atoms with Gasteiger partial charge in [0, 0.05) is 24.0 Å². The topological polar surface area (TPSA) is 63.1 Å². The molecule has 7 heteroatoms. The average Bonchev–Trinajstić information content (AvgIpc) is 3.01. The number of rotatable bonds is 3. The molecule has 1 aromatic heterocycles. The molecule has 0 aliphatic carbocycles. The fourth-order valence-electron chi connectivity index (χ4n) is 3.20. The second kappa shape index (κ2) is 8.22. The number of hydrogen-bond acceptors (Lipinski definition) is 4. The van der Waals surface area contributed by atoms with E-state index >= 15 is 0 Å². The molecule has 1 aromatic rings. The number of piperidine rings is 1. The van der Waals surface area contributed by atoms with E-state index < -0.39 is 0 Å². The summed E-state index contributed by atoms with van der Waals surface area (Å²) in [6, 6.07) is 2.29. The molecule has 2 aliphatic heterocycles. The Kier molecular flexibility index (Phi) is 6.56. The van der Waals surface area contributed by atoms with Crippen molar-refractivity contribution in [3.05, 3.63) is 33.7 Å². The van der Waals surface area contributed by atoms with Crippen molar-refractivity contribution in [1.82, 2.24) is 15.2 Å². The molecule has 2 fully saturated rings. The van der Waals surface area contributed by atoms with Gasteiger partial charge in [-0.2, -0.15) is 11.8 Å². The fourth-order valence-corrected chi connectivity index (χ4v) is 4.35. The standard InChI is InChI=1S/C16H23N3O2S.ClH/c1-11-4-8-19(13-2-6-17-7-3-13)16(21)14(11)15(20)18-12-5-9-22-10-12;/h4,8,12-13,17H,2-3,5-7,9-10H2,1H3,(H,18,20);1H. The van der Waals surface area contributed by atoms with Crippen LogP contribution in [-0.4, -0.2) is 41.1 Å². The third kappa shape index (κ3) is 4.11. The molecule has 3 rings (SSSR count). The largest absolute Gasteiger partial charge is 0.348 e. The van der Waals surface area contributed by atoms with Gasteiger partial charge in [0.15, 0.2) is 0 Å². The molecule has 0 saturated carbocycles. The van der Waals surface area contributed by atoms with Gasteiger partial charge in [0.1, 0.15) is 5.56 Å². The number of nitrogens with one attached hydrogen (secondary N) is 2. The zero-order chi connectivity index (χ0) is 15.5. The second-order valence-corrected chi connectivity index (χ2v) is 7.25. The third-order valence-electron chi connectivity index (χ3n) is 4.52. The zero-order valence-electron chi connectivity index (χ0n) is 13.3. The lowest BCUT2D eigenvalue weighted by molar-refractivity contribution is 0.0938. The van der Waals surface area contributed by atoms with Gasteiger partial charge in [-0.1, -0.05) is 0 Å². The molecule has 2 N–H and O–H groups in total. The predicted octanol–water partition coefficient (Wildman–Crippen LogP) is 1.74. The summed E-state index contributed by atoms with van der Waals surface area (Å²) in [5, 5.41) is 6.33. The molecule has 1 atom stereocenters. The number of aromatic nitrogens is 1. The molecule has 2 saturated heterocycles. The highest BCUT2D eigenvalue weighted by atomic mass is 35.5. The third-order valence-corrected chi connectivity index (χ3v) is 5.68. The molecular formula is C16H24ClN3O2S. The van der Waals surface area contributed by atoms with Crippen LogP contribution in [0.5, 0.6) is 0 Å². The van der Waals surface area contributed by atoms with Crippen LogP contribution in [0.15, 0.2) is 17.1 Å². The molecule has 3 heterocycles. The van der Waals surface area contributed by atoms with Crippen molar-refractivity contribution in [3.63, 3.8) is 0 Å². The van der Waals surface area contributed by atoms with Crippen LogP contribution >= 0.6 is 24.2 Å².